The Labute approximate surface area is 268 Å². The van der Waals surface area contributed by atoms with Crippen molar-refractivity contribution in [3.63, 3.8) is 0 Å². The monoisotopic (exact) mass is 622 g/mol. The lowest BCUT2D eigenvalue weighted by molar-refractivity contribution is -0.385. The van der Waals surface area contributed by atoms with Gasteiger partial charge in [0, 0.05) is 25.7 Å². The van der Waals surface area contributed by atoms with E-state index >= 15 is 0 Å². The highest BCUT2D eigenvalue weighted by Gasteiger charge is 2.42. The summed E-state index contributed by atoms with van der Waals surface area (Å²) in [6.07, 6.45) is 5.33. The van der Waals surface area contributed by atoms with Crippen molar-refractivity contribution in [2.45, 2.75) is 39.3 Å². The van der Waals surface area contributed by atoms with Gasteiger partial charge in [-0.1, -0.05) is 84.9 Å². The molecule has 1 saturated carbocycles. The third kappa shape index (κ3) is 8.33. The van der Waals surface area contributed by atoms with Crippen LogP contribution in [0.25, 0.3) is 6.08 Å². The number of ether oxygens (including phenoxy) is 2. The standard InChI is InChI=1S/C36H38N4O6/c1-26-33(35(41)46-25-30-19-20-30)34(31-17-9-10-18-32(31)40(43)44)39(27(2)37-26)36(42)45-23-22-38(24-29-14-7-4-8-15-29)21-11-16-28-12-5-3-6-13-28/h3-18,30,34H,19-25H2,1-2H3/b16-11+. The molecule has 3 aromatic rings. The number of para-hydroxylation sites is 1. The molecule has 10 heteroatoms. The molecule has 238 valence electrons. The van der Waals surface area contributed by atoms with E-state index in [4.69, 9.17) is 9.47 Å². The van der Waals surface area contributed by atoms with E-state index in [-0.39, 0.29) is 35.9 Å². The fourth-order valence-corrected chi connectivity index (χ4v) is 5.41. The van der Waals surface area contributed by atoms with Gasteiger partial charge in [0.15, 0.2) is 0 Å². The Balaban J connectivity index is 1.35. The van der Waals surface area contributed by atoms with Gasteiger partial charge in [0.25, 0.3) is 5.69 Å². The van der Waals surface area contributed by atoms with Gasteiger partial charge in [-0.05, 0) is 49.8 Å². The Morgan fingerprint density at radius 3 is 2.35 bits per heavy atom. The first-order chi connectivity index (χ1) is 22.3. The molecule has 1 heterocycles. The number of nitro benzene ring substituents is 1. The molecule has 0 bridgehead atoms. The lowest BCUT2D eigenvalue weighted by Crippen LogP contribution is -2.44. The van der Waals surface area contributed by atoms with E-state index in [0.29, 0.717) is 31.2 Å². The summed E-state index contributed by atoms with van der Waals surface area (Å²) in [5.41, 5.74) is 2.57. The highest BCUT2D eigenvalue weighted by atomic mass is 16.6. The lowest BCUT2D eigenvalue weighted by Gasteiger charge is -2.35. The quantitative estimate of drug-likeness (QED) is 0.115. The first-order valence-electron chi connectivity index (χ1n) is 15.4. The second-order valence-corrected chi connectivity index (χ2v) is 11.4. The van der Waals surface area contributed by atoms with Crippen LogP contribution in [-0.4, -0.2) is 58.9 Å². The van der Waals surface area contributed by atoms with Crippen molar-refractivity contribution in [2.75, 3.05) is 26.3 Å². The fourth-order valence-electron chi connectivity index (χ4n) is 5.41. The number of carbonyl (C=O) groups is 2. The molecule has 1 fully saturated rings. The van der Waals surface area contributed by atoms with Gasteiger partial charge in [-0.15, -0.1) is 0 Å². The van der Waals surface area contributed by atoms with Crippen LogP contribution in [0.5, 0.6) is 0 Å². The summed E-state index contributed by atoms with van der Waals surface area (Å²) in [5, 5.41) is 12.1. The number of aliphatic imine (C=N–C) groups is 1. The molecule has 0 saturated heterocycles. The van der Waals surface area contributed by atoms with Crippen LogP contribution in [0.4, 0.5) is 10.5 Å². The van der Waals surface area contributed by atoms with Gasteiger partial charge in [0.2, 0.25) is 0 Å². The third-order valence-corrected chi connectivity index (χ3v) is 7.95. The van der Waals surface area contributed by atoms with Crippen LogP contribution in [0.2, 0.25) is 0 Å². The van der Waals surface area contributed by atoms with E-state index in [0.717, 1.165) is 24.0 Å². The maximum absolute atomic E-state index is 13.8. The van der Waals surface area contributed by atoms with Crippen molar-refractivity contribution >= 4 is 29.7 Å². The molecule has 0 aromatic heterocycles. The number of carbonyl (C=O) groups excluding carboxylic acids is 2. The summed E-state index contributed by atoms with van der Waals surface area (Å²) in [6.45, 7) is 5.24. The minimum absolute atomic E-state index is 0.0440. The van der Waals surface area contributed by atoms with Crippen LogP contribution >= 0.6 is 0 Å². The first kappa shape index (κ1) is 32.3. The van der Waals surface area contributed by atoms with Crippen molar-refractivity contribution in [3.8, 4) is 0 Å². The van der Waals surface area contributed by atoms with Crippen LogP contribution in [0.3, 0.4) is 0 Å². The smallest absolute Gasteiger partial charge is 0.416 e. The van der Waals surface area contributed by atoms with Crippen LogP contribution < -0.4 is 0 Å². The highest BCUT2D eigenvalue weighted by Crippen LogP contribution is 2.40. The number of nitrogens with zero attached hydrogens (tertiary/aromatic N) is 4. The van der Waals surface area contributed by atoms with Crippen molar-refractivity contribution in [1.29, 1.82) is 0 Å². The molecule has 1 unspecified atom stereocenters. The lowest BCUT2D eigenvalue weighted by atomic mass is 9.93. The average Bonchev–Trinajstić information content (AvgIpc) is 3.89. The number of rotatable bonds is 13. The molecule has 1 aliphatic heterocycles. The van der Waals surface area contributed by atoms with Gasteiger partial charge < -0.3 is 9.47 Å². The number of hydrogen-bond acceptors (Lipinski definition) is 8. The molecular formula is C36H38N4O6. The van der Waals surface area contributed by atoms with E-state index in [2.05, 4.69) is 16.0 Å². The highest BCUT2D eigenvalue weighted by molar-refractivity contribution is 6.01. The van der Waals surface area contributed by atoms with E-state index in [9.17, 15) is 19.7 Å². The predicted molar refractivity (Wildman–Crippen MR) is 176 cm³/mol. The zero-order valence-corrected chi connectivity index (χ0v) is 26.1. The molecular weight excluding hydrogens is 584 g/mol. The topological polar surface area (TPSA) is 115 Å². The molecule has 1 aliphatic carbocycles. The summed E-state index contributed by atoms with van der Waals surface area (Å²) in [5.74, 6) is -0.0807. The van der Waals surface area contributed by atoms with Gasteiger partial charge in [-0.2, -0.15) is 0 Å². The molecule has 10 nitrogen and oxygen atoms in total. The zero-order valence-electron chi connectivity index (χ0n) is 26.1. The van der Waals surface area contributed by atoms with E-state index in [1.807, 2.05) is 66.7 Å². The maximum atomic E-state index is 13.8. The van der Waals surface area contributed by atoms with Gasteiger partial charge in [0.05, 0.1) is 28.4 Å². The molecule has 0 spiro atoms. The van der Waals surface area contributed by atoms with Crippen LogP contribution in [-0.2, 0) is 20.8 Å². The molecule has 0 radical (unpaired) electrons. The van der Waals surface area contributed by atoms with Crippen LogP contribution in [0, 0.1) is 16.0 Å². The largest absolute Gasteiger partial charge is 0.462 e. The molecule has 5 rings (SSSR count). The summed E-state index contributed by atoms with van der Waals surface area (Å²) < 4.78 is 11.4. The molecule has 3 aromatic carbocycles. The summed E-state index contributed by atoms with van der Waals surface area (Å²) in [4.78, 5) is 46.7. The Morgan fingerprint density at radius 1 is 0.978 bits per heavy atom. The van der Waals surface area contributed by atoms with Crippen molar-refractivity contribution in [3.05, 3.63) is 129 Å². The molecule has 0 N–H and O–H groups in total. The van der Waals surface area contributed by atoms with E-state index < -0.39 is 23.0 Å². The first-order valence-corrected chi connectivity index (χ1v) is 15.4. The SMILES string of the molecule is CC1=NC(C)=C(C(=O)OCC2CC2)C(c2ccccc2[N+](=O)[O-])N1C(=O)OCCN(C/C=C/c1ccccc1)Cc1ccccc1. The number of esters is 1. The number of hydrogen-bond donors (Lipinski definition) is 0. The molecule has 46 heavy (non-hydrogen) atoms. The minimum atomic E-state index is -1.15. The van der Waals surface area contributed by atoms with Gasteiger partial charge in [0.1, 0.15) is 18.5 Å². The minimum Gasteiger partial charge on any atom is -0.462 e. The number of amidine groups is 1. The third-order valence-electron chi connectivity index (χ3n) is 7.95. The number of allylic oxidation sites excluding steroid dienone is 1. The van der Waals surface area contributed by atoms with Gasteiger partial charge in [-0.3, -0.25) is 19.9 Å². The maximum Gasteiger partial charge on any atom is 0.416 e. The predicted octanol–water partition coefficient (Wildman–Crippen LogP) is 6.95. The van der Waals surface area contributed by atoms with E-state index in [1.165, 1.54) is 11.0 Å². The second-order valence-electron chi connectivity index (χ2n) is 11.4. The van der Waals surface area contributed by atoms with E-state index in [1.54, 1.807) is 32.0 Å². The molecule has 2 aliphatic rings. The molecule has 1 atom stereocenters. The van der Waals surface area contributed by atoms with Crippen LogP contribution in [0.15, 0.2) is 107 Å². The summed E-state index contributed by atoms with van der Waals surface area (Å²) in [6, 6.07) is 25.0. The Morgan fingerprint density at radius 2 is 1.65 bits per heavy atom. The Hall–Kier alpha value is -5.09. The van der Waals surface area contributed by atoms with Crippen molar-refractivity contribution < 1.29 is 24.0 Å². The van der Waals surface area contributed by atoms with Crippen LogP contribution in [0.1, 0.15) is 49.4 Å². The van der Waals surface area contributed by atoms with Gasteiger partial charge >= 0.3 is 12.1 Å². The zero-order chi connectivity index (χ0) is 32.5. The summed E-state index contributed by atoms with van der Waals surface area (Å²) in [7, 11) is 0. The molecule has 1 amide bonds. The van der Waals surface area contributed by atoms with Crippen molar-refractivity contribution in [2.24, 2.45) is 10.9 Å². The summed E-state index contributed by atoms with van der Waals surface area (Å²) >= 11 is 0. The van der Waals surface area contributed by atoms with Crippen molar-refractivity contribution in [1.82, 2.24) is 9.80 Å². The Bertz CT molecular complexity index is 1630. The fraction of sp³-hybridized carbons (Fsp3) is 0.306. The number of nitro groups is 1. The Kier molecular flexibility index (Phi) is 10.7. The number of amides is 1. The average molecular weight is 623 g/mol. The number of benzene rings is 3. The second kappa shape index (κ2) is 15.3. The van der Waals surface area contributed by atoms with Gasteiger partial charge in [-0.25, -0.2) is 14.6 Å². The normalized spacial score (nSPS) is 16.5.